The van der Waals surface area contributed by atoms with Gasteiger partial charge in [-0.15, -0.1) is 0 Å². The van der Waals surface area contributed by atoms with Crippen LogP contribution in [0, 0.1) is 0 Å². The third kappa shape index (κ3) is 1.37. The molecule has 0 radical (unpaired) electrons. The van der Waals surface area contributed by atoms with Crippen LogP contribution in [-0.2, 0) is 0 Å². The van der Waals surface area contributed by atoms with Gasteiger partial charge in [0.25, 0.3) is 0 Å². The maximum absolute atomic E-state index is 5.73. The Morgan fingerprint density at radius 2 is 2.36 bits per heavy atom. The molecule has 2 nitrogen and oxygen atoms in total. The molecule has 2 rings (SSSR count). The monoisotopic (exact) mass is 168 g/mol. The van der Waals surface area contributed by atoms with Crippen molar-refractivity contribution in [1.29, 1.82) is 0 Å². The van der Waals surface area contributed by atoms with Gasteiger partial charge in [-0.2, -0.15) is 0 Å². The second-order valence-electron chi connectivity index (χ2n) is 2.68. The molecule has 3 heteroatoms. The van der Waals surface area contributed by atoms with Gasteiger partial charge in [0.1, 0.15) is 5.15 Å². The molecule has 1 aliphatic heterocycles. The molecule has 0 bridgehead atoms. The van der Waals surface area contributed by atoms with Crippen molar-refractivity contribution < 1.29 is 0 Å². The minimum Gasteiger partial charge on any atom is -0.309 e. The number of pyridine rings is 1. The largest absolute Gasteiger partial charge is 0.309 e. The first-order chi connectivity index (χ1) is 5.36. The van der Waals surface area contributed by atoms with E-state index in [0.29, 0.717) is 11.2 Å². The zero-order chi connectivity index (χ0) is 7.68. The van der Waals surface area contributed by atoms with Gasteiger partial charge in [0, 0.05) is 0 Å². The molecule has 58 valence electrons. The molecule has 1 aromatic rings. The highest BCUT2D eigenvalue weighted by Gasteiger charge is 2.19. The second-order valence-corrected chi connectivity index (χ2v) is 3.07. The van der Waals surface area contributed by atoms with Gasteiger partial charge in [-0.25, -0.2) is 4.98 Å². The second kappa shape index (κ2) is 2.80. The fraction of sp³-hybridized carbons (Fsp3) is 0.375. The molecule has 0 saturated carbocycles. The summed E-state index contributed by atoms with van der Waals surface area (Å²) in [6.07, 6.45) is 1.17. The van der Waals surface area contributed by atoms with E-state index in [1.807, 2.05) is 12.1 Å². The molecular weight excluding hydrogens is 160 g/mol. The number of halogens is 1. The van der Waals surface area contributed by atoms with Crippen LogP contribution in [0.15, 0.2) is 18.2 Å². The lowest BCUT2D eigenvalue weighted by Gasteiger charge is -2.26. The van der Waals surface area contributed by atoms with Crippen molar-refractivity contribution in [1.82, 2.24) is 10.3 Å². The summed E-state index contributed by atoms with van der Waals surface area (Å²) in [5.41, 5.74) is 1.06. The van der Waals surface area contributed by atoms with Crippen molar-refractivity contribution in [2.24, 2.45) is 0 Å². The quantitative estimate of drug-likeness (QED) is 0.647. The molecule has 1 atom stereocenters. The first-order valence-electron chi connectivity index (χ1n) is 3.72. The van der Waals surface area contributed by atoms with E-state index in [4.69, 9.17) is 11.6 Å². The Bertz CT molecular complexity index is 258. The van der Waals surface area contributed by atoms with Crippen LogP contribution in [0.4, 0.5) is 0 Å². The maximum Gasteiger partial charge on any atom is 0.129 e. The molecule has 1 aromatic heterocycles. The van der Waals surface area contributed by atoms with Crippen LogP contribution >= 0.6 is 11.6 Å². The molecule has 0 spiro atoms. The normalized spacial score (nSPS) is 22.8. The molecule has 1 aliphatic rings. The van der Waals surface area contributed by atoms with E-state index in [0.717, 1.165) is 12.2 Å². The smallest absolute Gasteiger partial charge is 0.129 e. The highest BCUT2D eigenvalue weighted by Crippen LogP contribution is 2.21. The fourth-order valence-electron chi connectivity index (χ4n) is 1.16. The average Bonchev–Trinajstić information content (AvgIpc) is 1.83. The zero-order valence-electron chi connectivity index (χ0n) is 6.05. The number of aromatic nitrogens is 1. The van der Waals surface area contributed by atoms with Crippen LogP contribution in [0.25, 0.3) is 0 Å². The van der Waals surface area contributed by atoms with Gasteiger partial charge in [-0.1, -0.05) is 17.7 Å². The summed E-state index contributed by atoms with van der Waals surface area (Å²) in [6, 6.07) is 6.17. The Balaban J connectivity index is 2.23. The number of hydrogen-bond donors (Lipinski definition) is 1. The van der Waals surface area contributed by atoms with Crippen LogP contribution in [0.2, 0.25) is 5.15 Å². The fourth-order valence-corrected chi connectivity index (χ4v) is 1.33. The number of nitrogens with zero attached hydrogens (tertiary/aromatic N) is 1. The van der Waals surface area contributed by atoms with Gasteiger partial charge in [-0.05, 0) is 25.1 Å². The van der Waals surface area contributed by atoms with Gasteiger partial charge in [0.2, 0.25) is 0 Å². The van der Waals surface area contributed by atoms with E-state index >= 15 is 0 Å². The molecule has 2 heterocycles. The summed E-state index contributed by atoms with van der Waals surface area (Å²) in [7, 11) is 0. The summed E-state index contributed by atoms with van der Waals surface area (Å²) >= 11 is 5.73. The molecular formula is C8H9ClN2. The minimum atomic E-state index is 0.439. The van der Waals surface area contributed by atoms with Gasteiger partial charge >= 0.3 is 0 Å². The predicted molar refractivity (Wildman–Crippen MR) is 44.6 cm³/mol. The Kier molecular flexibility index (Phi) is 1.80. The lowest BCUT2D eigenvalue weighted by molar-refractivity contribution is 0.375. The third-order valence-electron chi connectivity index (χ3n) is 1.92. The van der Waals surface area contributed by atoms with Crippen molar-refractivity contribution in [3.8, 4) is 0 Å². The highest BCUT2D eigenvalue weighted by atomic mass is 35.5. The van der Waals surface area contributed by atoms with Crippen LogP contribution in [-0.4, -0.2) is 11.5 Å². The lowest BCUT2D eigenvalue weighted by atomic mass is 10.0. The van der Waals surface area contributed by atoms with Gasteiger partial charge in [0.05, 0.1) is 11.7 Å². The van der Waals surface area contributed by atoms with E-state index < -0.39 is 0 Å². The lowest BCUT2D eigenvalue weighted by Crippen LogP contribution is -2.35. The van der Waals surface area contributed by atoms with E-state index in [9.17, 15) is 0 Å². The van der Waals surface area contributed by atoms with Crippen molar-refractivity contribution in [2.75, 3.05) is 6.54 Å². The molecule has 0 aromatic carbocycles. The standard InChI is InChI=1S/C8H9ClN2/c9-8-3-1-2-7(11-8)6-4-5-10-6/h1-3,6,10H,4-5H2/t6-/m1/s1. The van der Waals surface area contributed by atoms with Crippen molar-refractivity contribution in [3.63, 3.8) is 0 Å². The molecule has 1 saturated heterocycles. The third-order valence-corrected chi connectivity index (χ3v) is 2.13. The summed E-state index contributed by atoms with van der Waals surface area (Å²) in [4.78, 5) is 4.20. The van der Waals surface area contributed by atoms with Gasteiger partial charge in [-0.3, -0.25) is 0 Å². The van der Waals surface area contributed by atoms with Crippen LogP contribution < -0.4 is 5.32 Å². The minimum absolute atomic E-state index is 0.439. The summed E-state index contributed by atoms with van der Waals surface area (Å²) < 4.78 is 0. The van der Waals surface area contributed by atoms with Crippen LogP contribution in [0.1, 0.15) is 18.2 Å². The molecule has 1 N–H and O–H groups in total. The Morgan fingerprint density at radius 1 is 1.55 bits per heavy atom. The first kappa shape index (κ1) is 7.07. The average molecular weight is 169 g/mol. The Morgan fingerprint density at radius 3 is 2.91 bits per heavy atom. The van der Waals surface area contributed by atoms with E-state index in [2.05, 4.69) is 10.3 Å². The van der Waals surface area contributed by atoms with Crippen LogP contribution in [0.5, 0.6) is 0 Å². The Labute approximate surface area is 70.6 Å². The summed E-state index contributed by atoms with van der Waals surface area (Å²) in [5, 5.41) is 3.85. The number of rotatable bonds is 1. The topological polar surface area (TPSA) is 24.9 Å². The molecule has 1 fully saturated rings. The zero-order valence-corrected chi connectivity index (χ0v) is 6.80. The van der Waals surface area contributed by atoms with Gasteiger partial charge < -0.3 is 5.32 Å². The van der Waals surface area contributed by atoms with Crippen molar-refractivity contribution in [2.45, 2.75) is 12.5 Å². The molecule has 11 heavy (non-hydrogen) atoms. The maximum atomic E-state index is 5.73. The molecule has 0 amide bonds. The summed E-state index contributed by atoms with van der Waals surface area (Å²) in [6.45, 7) is 1.10. The van der Waals surface area contributed by atoms with E-state index in [1.165, 1.54) is 6.42 Å². The Hall–Kier alpha value is -0.600. The van der Waals surface area contributed by atoms with Crippen LogP contribution in [0.3, 0.4) is 0 Å². The molecule has 0 unspecified atom stereocenters. The van der Waals surface area contributed by atoms with Crippen molar-refractivity contribution >= 4 is 11.6 Å². The van der Waals surface area contributed by atoms with E-state index in [-0.39, 0.29) is 0 Å². The molecule has 0 aliphatic carbocycles. The SMILES string of the molecule is Clc1cccc([C@H]2CCN2)n1. The predicted octanol–water partition coefficient (Wildman–Crippen LogP) is 1.77. The van der Waals surface area contributed by atoms with Crippen molar-refractivity contribution in [3.05, 3.63) is 29.0 Å². The van der Waals surface area contributed by atoms with Gasteiger partial charge in [0.15, 0.2) is 0 Å². The summed E-state index contributed by atoms with van der Waals surface area (Å²) in [5.74, 6) is 0. The number of nitrogens with one attached hydrogen (secondary N) is 1. The highest BCUT2D eigenvalue weighted by molar-refractivity contribution is 6.29. The number of hydrogen-bond acceptors (Lipinski definition) is 2. The van der Waals surface area contributed by atoms with E-state index in [1.54, 1.807) is 6.07 Å². The first-order valence-corrected chi connectivity index (χ1v) is 4.10.